The number of halogens is 2. The first-order valence-electron chi connectivity index (χ1n) is 7.02. The van der Waals surface area contributed by atoms with Crippen molar-refractivity contribution in [2.45, 2.75) is 52.6 Å². The maximum Gasteiger partial charge on any atom is 0.239 e. The van der Waals surface area contributed by atoms with Crippen LogP contribution in [0.1, 0.15) is 40.5 Å². The van der Waals surface area contributed by atoms with Crippen LogP contribution in [0.2, 0.25) is 0 Å². The third-order valence-corrected chi connectivity index (χ3v) is 3.97. The smallest absolute Gasteiger partial charge is 0.239 e. The quantitative estimate of drug-likeness (QED) is 0.860. The third-order valence-electron chi connectivity index (χ3n) is 3.97. The van der Waals surface area contributed by atoms with Crippen LogP contribution in [0.25, 0.3) is 0 Å². The summed E-state index contributed by atoms with van der Waals surface area (Å²) in [5, 5.41) is 0. The van der Waals surface area contributed by atoms with Crippen LogP contribution in [0.4, 0.5) is 0 Å². The summed E-state index contributed by atoms with van der Waals surface area (Å²) in [4.78, 5) is 16.5. The third kappa shape index (κ3) is 5.76. The second kappa shape index (κ2) is 9.08. The fourth-order valence-electron chi connectivity index (χ4n) is 2.53. The Balaban J connectivity index is 0. The van der Waals surface area contributed by atoms with E-state index in [4.69, 9.17) is 5.73 Å². The molecule has 2 N–H and O–H groups in total. The van der Waals surface area contributed by atoms with Crippen LogP contribution in [0.3, 0.4) is 0 Å². The van der Waals surface area contributed by atoms with E-state index in [0.29, 0.717) is 6.04 Å². The Kier molecular flexibility index (Phi) is 10.1. The minimum Gasteiger partial charge on any atom is -0.343 e. The topological polar surface area (TPSA) is 49.6 Å². The van der Waals surface area contributed by atoms with E-state index in [2.05, 4.69) is 11.8 Å². The number of carbonyl (C=O) groups excluding carboxylic acids is 1. The van der Waals surface area contributed by atoms with Gasteiger partial charge in [0.25, 0.3) is 0 Å². The lowest BCUT2D eigenvalue weighted by atomic mass is 9.86. The molecule has 1 unspecified atom stereocenters. The van der Waals surface area contributed by atoms with E-state index < -0.39 is 6.04 Å². The molecule has 1 heterocycles. The maximum absolute atomic E-state index is 12.3. The van der Waals surface area contributed by atoms with E-state index in [1.54, 1.807) is 0 Å². The van der Waals surface area contributed by atoms with Gasteiger partial charge in [-0.2, -0.15) is 0 Å². The summed E-state index contributed by atoms with van der Waals surface area (Å²) in [6, 6.07) is 0.0927. The van der Waals surface area contributed by atoms with E-state index >= 15 is 0 Å². The maximum atomic E-state index is 12.3. The lowest BCUT2D eigenvalue weighted by molar-refractivity contribution is -0.134. The lowest BCUT2D eigenvalue weighted by Crippen LogP contribution is -2.51. The van der Waals surface area contributed by atoms with Gasteiger partial charge in [0.15, 0.2) is 0 Å². The molecule has 1 aliphatic rings. The molecule has 1 fully saturated rings. The van der Waals surface area contributed by atoms with Crippen LogP contribution in [-0.2, 0) is 4.79 Å². The summed E-state index contributed by atoms with van der Waals surface area (Å²) in [7, 11) is 1.88. The van der Waals surface area contributed by atoms with Crippen LogP contribution < -0.4 is 5.73 Å². The van der Waals surface area contributed by atoms with Gasteiger partial charge >= 0.3 is 0 Å². The number of nitrogens with zero attached hydrogens (tertiary/aromatic N) is 2. The van der Waals surface area contributed by atoms with Crippen molar-refractivity contribution in [1.82, 2.24) is 9.80 Å². The molecule has 0 aromatic heterocycles. The predicted octanol–water partition coefficient (Wildman–Crippen LogP) is 2.15. The molecule has 122 valence electrons. The van der Waals surface area contributed by atoms with Crippen molar-refractivity contribution < 1.29 is 4.79 Å². The molecule has 1 aliphatic heterocycles. The number of hydrogen-bond donors (Lipinski definition) is 1. The molecule has 20 heavy (non-hydrogen) atoms. The molecule has 0 aromatic carbocycles. The molecule has 0 spiro atoms. The van der Waals surface area contributed by atoms with Gasteiger partial charge in [-0.05, 0) is 31.3 Å². The van der Waals surface area contributed by atoms with Gasteiger partial charge in [-0.1, -0.05) is 27.7 Å². The van der Waals surface area contributed by atoms with Gasteiger partial charge in [0.2, 0.25) is 5.91 Å². The zero-order valence-corrected chi connectivity index (χ0v) is 15.0. The van der Waals surface area contributed by atoms with Crippen LogP contribution in [-0.4, -0.2) is 54.5 Å². The van der Waals surface area contributed by atoms with E-state index in [-0.39, 0.29) is 36.1 Å². The summed E-state index contributed by atoms with van der Waals surface area (Å²) in [5.74, 6) is 0.0606. The number of likely N-dealkylation sites (N-methyl/N-ethyl adjacent to an activating group) is 2. The van der Waals surface area contributed by atoms with E-state index in [0.717, 1.165) is 19.6 Å². The second-order valence-electron chi connectivity index (χ2n) is 6.49. The van der Waals surface area contributed by atoms with E-state index in [1.165, 1.54) is 12.8 Å². The molecular weight excluding hydrogens is 297 g/mol. The molecule has 2 atom stereocenters. The predicted molar refractivity (Wildman–Crippen MR) is 89.8 cm³/mol. The first kappa shape index (κ1) is 22.3. The van der Waals surface area contributed by atoms with Crippen LogP contribution in [0.15, 0.2) is 0 Å². The van der Waals surface area contributed by atoms with Crippen molar-refractivity contribution in [3.8, 4) is 0 Å². The Morgan fingerprint density at radius 3 is 2.40 bits per heavy atom. The van der Waals surface area contributed by atoms with Crippen LogP contribution in [0, 0.1) is 5.41 Å². The Morgan fingerprint density at radius 2 is 1.95 bits per heavy atom. The molecule has 4 nitrogen and oxygen atoms in total. The Hall–Kier alpha value is -0.0300. The Morgan fingerprint density at radius 1 is 1.40 bits per heavy atom. The first-order chi connectivity index (χ1) is 8.27. The Labute approximate surface area is 136 Å². The molecule has 6 heteroatoms. The molecule has 1 saturated heterocycles. The summed E-state index contributed by atoms with van der Waals surface area (Å²) >= 11 is 0. The van der Waals surface area contributed by atoms with Gasteiger partial charge in [-0.25, -0.2) is 0 Å². The zero-order valence-electron chi connectivity index (χ0n) is 13.4. The first-order valence-corrected chi connectivity index (χ1v) is 7.02. The molecule has 0 saturated carbocycles. The summed E-state index contributed by atoms with van der Waals surface area (Å²) in [6.45, 7) is 11.2. The van der Waals surface area contributed by atoms with Crippen molar-refractivity contribution in [3.05, 3.63) is 0 Å². The van der Waals surface area contributed by atoms with Crippen molar-refractivity contribution in [1.29, 1.82) is 0 Å². The van der Waals surface area contributed by atoms with Gasteiger partial charge < -0.3 is 10.6 Å². The van der Waals surface area contributed by atoms with Gasteiger partial charge in [0.05, 0.1) is 6.04 Å². The molecule has 0 aliphatic carbocycles. The highest BCUT2D eigenvalue weighted by molar-refractivity contribution is 5.85. The highest BCUT2D eigenvalue weighted by Crippen LogP contribution is 2.21. The van der Waals surface area contributed by atoms with Crippen molar-refractivity contribution in [2.24, 2.45) is 11.1 Å². The van der Waals surface area contributed by atoms with Gasteiger partial charge in [0.1, 0.15) is 0 Å². The van der Waals surface area contributed by atoms with E-state index in [1.807, 2.05) is 32.7 Å². The minimum atomic E-state index is -0.418. The van der Waals surface area contributed by atoms with Crippen LogP contribution >= 0.6 is 24.8 Å². The summed E-state index contributed by atoms with van der Waals surface area (Å²) in [5.41, 5.74) is 5.86. The fraction of sp³-hybridized carbons (Fsp3) is 0.929. The number of rotatable bonds is 4. The highest BCUT2D eigenvalue weighted by Gasteiger charge is 2.32. The largest absolute Gasteiger partial charge is 0.343 e. The summed E-state index contributed by atoms with van der Waals surface area (Å²) in [6.07, 6.45) is 2.43. The molecule has 1 rings (SSSR count). The standard InChI is InChI=1S/C14H29N3O.2ClH/c1-6-17-9-7-8-11(17)10-16(5)13(18)12(15)14(2,3)4;;/h11-12H,6-10,15H2,1-5H3;2*1H/t11?,12-;;/m1../s1. The molecule has 0 bridgehead atoms. The van der Waals surface area contributed by atoms with Gasteiger partial charge in [-0.3, -0.25) is 9.69 Å². The van der Waals surface area contributed by atoms with Gasteiger partial charge in [-0.15, -0.1) is 24.8 Å². The number of nitrogens with two attached hydrogens (primary N) is 1. The number of likely N-dealkylation sites (tertiary alicyclic amines) is 1. The molecule has 0 radical (unpaired) electrons. The zero-order chi connectivity index (χ0) is 13.9. The van der Waals surface area contributed by atoms with Crippen LogP contribution in [0.5, 0.6) is 0 Å². The SMILES string of the molecule is CCN1CCCC1CN(C)C(=O)[C@@H](N)C(C)(C)C.Cl.Cl. The average molecular weight is 328 g/mol. The minimum absolute atomic E-state index is 0. The summed E-state index contributed by atoms with van der Waals surface area (Å²) < 4.78 is 0. The molecular formula is C14H31Cl2N3O. The van der Waals surface area contributed by atoms with Crippen molar-refractivity contribution in [3.63, 3.8) is 0 Å². The average Bonchev–Trinajstić information content (AvgIpc) is 2.72. The number of carbonyl (C=O) groups is 1. The number of hydrogen-bond acceptors (Lipinski definition) is 3. The van der Waals surface area contributed by atoms with Crippen molar-refractivity contribution in [2.75, 3.05) is 26.7 Å². The highest BCUT2D eigenvalue weighted by atomic mass is 35.5. The Bertz CT molecular complexity index is 295. The molecule has 0 aromatic rings. The second-order valence-corrected chi connectivity index (χ2v) is 6.49. The molecule has 1 amide bonds. The van der Waals surface area contributed by atoms with E-state index in [9.17, 15) is 4.79 Å². The fourth-order valence-corrected chi connectivity index (χ4v) is 2.53. The van der Waals surface area contributed by atoms with Gasteiger partial charge in [0, 0.05) is 19.6 Å². The normalized spacial score (nSPS) is 20.8. The number of amides is 1. The monoisotopic (exact) mass is 327 g/mol. The van der Waals surface area contributed by atoms with Crippen molar-refractivity contribution >= 4 is 30.7 Å². The lowest BCUT2D eigenvalue weighted by Gasteiger charge is -2.33.